The van der Waals surface area contributed by atoms with Gasteiger partial charge in [0.05, 0.1) is 15.6 Å². The number of Topliss-reactive ketones (excluding diaryl/α,β-unsaturated/α-hetero) is 1. The molecule has 1 fully saturated rings. The fourth-order valence-corrected chi connectivity index (χ4v) is 2.94. The molecule has 104 valence electrons. The van der Waals surface area contributed by atoms with Crippen molar-refractivity contribution in [2.24, 2.45) is 0 Å². The molecule has 0 saturated carbocycles. The Bertz CT molecular complexity index is 490. The summed E-state index contributed by atoms with van der Waals surface area (Å²) in [7, 11) is 0. The van der Waals surface area contributed by atoms with E-state index in [0.717, 1.165) is 6.42 Å². The van der Waals surface area contributed by atoms with E-state index >= 15 is 0 Å². The monoisotopic (exact) mass is 303 g/mol. The lowest BCUT2D eigenvalue weighted by molar-refractivity contribution is 0.0850. The minimum Gasteiger partial charge on any atom is -0.302 e. The van der Waals surface area contributed by atoms with Crippen molar-refractivity contribution in [3.05, 3.63) is 33.8 Å². The summed E-state index contributed by atoms with van der Waals surface area (Å²) >= 11 is 11.8. The van der Waals surface area contributed by atoms with Crippen LogP contribution in [0, 0.1) is 0 Å². The summed E-state index contributed by atoms with van der Waals surface area (Å²) in [6, 6.07) is 4.79. The molecule has 0 aromatic heterocycles. The first kappa shape index (κ1) is 14.8. The van der Waals surface area contributed by atoms with E-state index in [4.69, 9.17) is 23.2 Å². The number of alkyl halides is 1. The van der Waals surface area contributed by atoms with Gasteiger partial charge in [-0.1, -0.05) is 36.5 Å². The highest BCUT2D eigenvalue weighted by Gasteiger charge is 2.44. The Labute approximate surface area is 122 Å². The Hall–Kier alpha value is -0.640. The van der Waals surface area contributed by atoms with Gasteiger partial charge in [-0.3, -0.25) is 4.79 Å². The molecule has 1 aromatic carbocycles. The summed E-state index contributed by atoms with van der Waals surface area (Å²) < 4.78 is 13.5. The van der Waals surface area contributed by atoms with Crippen molar-refractivity contribution in [2.75, 3.05) is 6.54 Å². The number of halogens is 3. The van der Waals surface area contributed by atoms with E-state index in [9.17, 15) is 9.18 Å². The van der Waals surface area contributed by atoms with E-state index in [2.05, 4.69) is 5.32 Å². The van der Waals surface area contributed by atoms with Gasteiger partial charge < -0.3 is 5.32 Å². The third-order valence-corrected chi connectivity index (χ3v) is 4.26. The molecule has 0 spiro atoms. The standard InChI is InChI=1S/C14H16Cl2FNO/c1-2-5-14(7-10(17)8-18-14)13(19)9-3-4-11(15)12(16)6-9/h3-4,6,10,18H,2,5,7-8H2,1H3/t10-,14-/m0/s1. The summed E-state index contributed by atoms with van der Waals surface area (Å²) in [5.41, 5.74) is -0.324. The van der Waals surface area contributed by atoms with Crippen molar-refractivity contribution < 1.29 is 9.18 Å². The van der Waals surface area contributed by atoms with E-state index in [0.29, 0.717) is 22.0 Å². The number of nitrogens with one attached hydrogen (secondary N) is 1. The van der Waals surface area contributed by atoms with Crippen molar-refractivity contribution in [1.82, 2.24) is 5.32 Å². The fraction of sp³-hybridized carbons (Fsp3) is 0.500. The maximum atomic E-state index is 13.5. The smallest absolute Gasteiger partial charge is 0.183 e. The Balaban J connectivity index is 2.32. The molecule has 2 nitrogen and oxygen atoms in total. The average Bonchev–Trinajstić information content (AvgIpc) is 2.75. The zero-order valence-corrected chi connectivity index (χ0v) is 12.2. The zero-order chi connectivity index (χ0) is 14.0. The number of rotatable bonds is 4. The van der Waals surface area contributed by atoms with E-state index in [1.807, 2.05) is 6.92 Å². The molecule has 5 heteroatoms. The second-order valence-electron chi connectivity index (χ2n) is 4.97. The lowest BCUT2D eigenvalue weighted by atomic mass is 9.83. The van der Waals surface area contributed by atoms with Crippen LogP contribution >= 0.6 is 23.2 Å². The van der Waals surface area contributed by atoms with Gasteiger partial charge in [0.15, 0.2) is 5.78 Å². The SMILES string of the molecule is CCC[C@@]1(C(=O)c2ccc(Cl)c(Cl)c2)C[C@H](F)CN1. The first-order valence-corrected chi connectivity index (χ1v) is 7.13. The van der Waals surface area contributed by atoms with E-state index in [1.54, 1.807) is 18.2 Å². The quantitative estimate of drug-likeness (QED) is 0.850. The Morgan fingerprint density at radius 1 is 1.47 bits per heavy atom. The Kier molecular flexibility index (Phi) is 4.49. The van der Waals surface area contributed by atoms with Gasteiger partial charge in [0.1, 0.15) is 6.17 Å². The first-order valence-electron chi connectivity index (χ1n) is 6.37. The third kappa shape index (κ3) is 2.93. The number of hydrogen-bond donors (Lipinski definition) is 1. The van der Waals surface area contributed by atoms with Crippen molar-refractivity contribution in [3.8, 4) is 0 Å². The van der Waals surface area contributed by atoms with E-state index < -0.39 is 11.7 Å². The van der Waals surface area contributed by atoms with Crippen LogP contribution in [-0.4, -0.2) is 24.0 Å². The number of ketones is 1. The van der Waals surface area contributed by atoms with Crippen LogP contribution in [-0.2, 0) is 0 Å². The normalized spacial score (nSPS) is 26.6. The molecule has 2 atom stereocenters. The highest BCUT2D eigenvalue weighted by Crippen LogP contribution is 2.32. The van der Waals surface area contributed by atoms with Crippen LogP contribution in [0.2, 0.25) is 10.0 Å². The zero-order valence-electron chi connectivity index (χ0n) is 10.7. The molecule has 0 bridgehead atoms. The Morgan fingerprint density at radius 3 is 2.74 bits per heavy atom. The summed E-state index contributed by atoms with van der Waals surface area (Å²) in [6.07, 6.45) is 0.678. The maximum absolute atomic E-state index is 13.5. The van der Waals surface area contributed by atoms with Gasteiger partial charge in [0.25, 0.3) is 0 Å². The predicted molar refractivity (Wildman–Crippen MR) is 75.9 cm³/mol. The van der Waals surface area contributed by atoms with E-state index in [1.165, 1.54) is 0 Å². The molecule has 0 aliphatic carbocycles. The number of carbonyl (C=O) groups is 1. The highest BCUT2D eigenvalue weighted by molar-refractivity contribution is 6.42. The highest BCUT2D eigenvalue weighted by atomic mass is 35.5. The largest absolute Gasteiger partial charge is 0.302 e. The van der Waals surface area contributed by atoms with Crippen molar-refractivity contribution in [1.29, 1.82) is 0 Å². The number of carbonyl (C=O) groups excluding carboxylic acids is 1. The minimum atomic E-state index is -0.974. The summed E-state index contributed by atoms with van der Waals surface area (Å²) in [4.78, 5) is 12.6. The lowest BCUT2D eigenvalue weighted by Crippen LogP contribution is -2.47. The molecule has 19 heavy (non-hydrogen) atoms. The van der Waals surface area contributed by atoms with Gasteiger partial charge >= 0.3 is 0 Å². The average molecular weight is 304 g/mol. The molecule has 1 aliphatic heterocycles. The summed E-state index contributed by atoms with van der Waals surface area (Å²) in [6.45, 7) is 2.21. The van der Waals surface area contributed by atoms with Gasteiger partial charge in [-0.2, -0.15) is 0 Å². The van der Waals surface area contributed by atoms with Gasteiger partial charge in [0.2, 0.25) is 0 Å². The molecular formula is C14H16Cl2FNO. The number of benzene rings is 1. The van der Waals surface area contributed by atoms with Crippen molar-refractivity contribution in [3.63, 3.8) is 0 Å². The molecule has 1 N–H and O–H groups in total. The predicted octanol–water partition coefficient (Wildman–Crippen LogP) is 4.05. The van der Waals surface area contributed by atoms with Crippen LogP contribution < -0.4 is 5.32 Å². The third-order valence-electron chi connectivity index (χ3n) is 3.53. The topological polar surface area (TPSA) is 29.1 Å². The van der Waals surface area contributed by atoms with Crippen LogP contribution in [0.4, 0.5) is 4.39 Å². The van der Waals surface area contributed by atoms with Crippen molar-refractivity contribution >= 4 is 29.0 Å². The molecule has 0 radical (unpaired) electrons. The second kappa shape index (κ2) is 5.78. The minimum absolute atomic E-state index is 0.104. The molecule has 1 heterocycles. The van der Waals surface area contributed by atoms with Crippen LogP contribution in [0.25, 0.3) is 0 Å². The van der Waals surface area contributed by atoms with Gasteiger partial charge in [-0.25, -0.2) is 4.39 Å². The molecule has 0 amide bonds. The van der Waals surface area contributed by atoms with Crippen LogP contribution in [0.15, 0.2) is 18.2 Å². The van der Waals surface area contributed by atoms with Gasteiger partial charge in [-0.15, -0.1) is 0 Å². The fourth-order valence-electron chi connectivity index (χ4n) is 2.65. The van der Waals surface area contributed by atoms with Crippen molar-refractivity contribution in [2.45, 2.75) is 37.9 Å². The maximum Gasteiger partial charge on any atom is 0.183 e. The molecule has 1 aromatic rings. The lowest BCUT2D eigenvalue weighted by Gasteiger charge is -2.27. The number of hydrogen-bond acceptors (Lipinski definition) is 2. The van der Waals surface area contributed by atoms with Crippen LogP contribution in [0.5, 0.6) is 0 Å². The molecule has 1 saturated heterocycles. The molecule has 1 aliphatic rings. The molecular weight excluding hydrogens is 288 g/mol. The van der Waals surface area contributed by atoms with Crippen LogP contribution in [0.1, 0.15) is 36.5 Å². The Morgan fingerprint density at radius 2 is 2.21 bits per heavy atom. The second-order valence-corrected chi connectivity index (χ2v) is 5.79. The molecule has 2 rings (SSSR count). The van der Waals surface area contributed by atoms with Gasteiger partial charge in [-0.05, 0) is 24.6 Å². The summed E-state index contributed by atoms with van der Waals surface area (Å²) in [5, 5.41) is 3.80. The van der Waals surface area contributed by atoms with Crippen LogP contribution in [0.3, 0.4) is 0 Å². The first-order chi connectivity index (χ1) is 8.98. The molecule has 0 unspecified atom stereocenters. The van der Waals surface area contributed by atoms with E-state index in [-0.39, 0.29) is 18.7 Å². The van der Waals surface area contributed by atoms with Gasteiger partial charge in [0, 0.05) is 18.5 Å². The summed E-state index contributed by atoms with van der Waals surface area (Å²) in [5.74, 6) is -0.104.